The monoisotopic (exact) mass is 293 g/mol. The molecule has 0 atom stereocenters. The van der Waals surface area contributed by atoms with Gasteiger partial charge in [0.2, 0.25) is 11.7 Å². The molecule has 4 nitrogen and oxygen atoms in total. The standard InChI is InChI=1S/C15H16ClNO3/c1-8-5-6-9(7-10(8)16)13-17-12(15(2,3)4)11(20-13)14(18)19/h5-7H,1-4H3,(H,18,19). The Hall–Kier alpha value is -1.81. The summed E-state index contributed by atoms with van der Waals surface area (Å²) in [6, 6.07) is 5.38. The van der Waals surface area contributed by atoms with E-state index in [0.29, 0.717) is 16.3 Å². The van der Waals surface area contributed by atoms with Gasteiger partial charge in [-0.2, -0.15) is 0 Å². The molecular formula is C15H16ClNO3. The maximum atomic E-state index is 11.3. The summed E-state index contributed by atoms with van der Waals surface area (Å²) in [7, 11) is 0. The fraction of sp³-hybridized carbons (Fsp3) is 0.333. The maximum Gasteiger partial charge on any atom is 0.373 e. The Morgan fingerprint density at radius 1 is 1.35 bits per heavy atom. The first kappa shape index (κ1) is 14.6. The predicted molar refractivity (Wildman–Crippen MR) is 77.3 cm³/mol. The largest absolute Gasteiger partial charge is 0.475 e. The second-order valence-corrected chi connectivity index (χ2v) is 6.12. The molecule has 0 aliphatic heterocycles. The van der Waals surface area contributed by atoms with Gasteiger partial charge < -0.3 is 9.52 Å². The number of aromatic carboxylic acids is 1. The topological polar surface area (TPSA) is 63.3 Å². The van der Waals surface area contributed by atoms with Crippen molar-refractivity contribution in [2.75, 3.05) is 0 Å². The van der Waals surface area contributed by atoms with Crippen molar-refractivity contribution in [2.45, 2.75) is 33.1 Å². The third-order valence-electron chi connectivity index (χ3n) is 2.95. The van der Waals surface area contributed by atoms with Crippen LogP contribution in [0.25, 0.3) is 11.5 Å². The van der Waals surface area contributed by atoms with Crippen molar-refractivity contribution in [2.24, 2.45) is 0 Å². The fourth-order valence-corrected chi connectivity index (χ4v) is 2.00. The van der Waals surface area contributed by atoms with E-state index in [-0.39, 0.29) is 11.7 Å². The van der Waals surface area contributed by atoms with Crippen molar-refractivity contribution >= 4 is 17.6 Å². The highest BCUT2D eigenvalue weighted by molar-refractivity contribution is 6.31. The van der Waals surface area contributed by atoms with Crippen LogP contribution in [0.2, 0.25) is 5.02 Å². The van der Waals surface area contributed by atoms with Crippen LogP contribution in [0.4, 0.5) is 0 Å². The number of carbonyl (C=O) groups is 1. The number of carboxylic acids is 1. The molecule has 106 valence electrons. The van der Waals surface area contributed by atoms with Gasteiger partial charge in [0.15, 0.2) is 0 Å². The van der Waals surface area contributed by atoms with Gasteiger partial charge >= 0.3 is 5.97 Å². The minimum atomic E-state index is -1.12. The second kappa shape index (κ2) is 4.94. The first-order valence-corrected chi connectivity index (χ1v) is 6.59. The predicted octanol–water partition coefficient (Wildman–Crippen LogP) is 4.30. The Labute approximate surface area is 122 Å². The van der Waals surface area contributed by atoms with Gasteiger partial charge in [0, 0.05) is 16.0 Å². The zero-order valence-electron chi connectivity index (χ0n) is 11.8. The van der Waals surface area contributed by atoms with E-state index in [9.17, 15) is 9.90 Å². The lowest BCUT2D eigenvalue weighted by Crippen LogP contribution is -2.16. The molecule has 2 aromatic rings. The number of benzene rings is 1. The molecule has 5 heteroatoms. The number of hydrogen-bond acceptors (Lipinski definition) is 3. The first-order chi connectivity index (χ1) is 9.20. The van der Waals surface area contributed by atoms with Crippen LogP contribution in [-0.4, -0.2) is 16.1 Å². The van der Waals surface area contributed by atoms with Crippen LogP contribution in [0.3, 0.4) is 0 Å². The molecule has 0 spiro atoms. The molecule has 0 radical (unpaired) electrons. The minimum Gasteiger partial charge on any atom is -0.475 e. The number of hydrogen-bond donors (Lipinski definition) is 1. The van der Waals surface area contributed by atoms with Crippen molar-refractivity contribution < 1.29 is 14.3 Å². The van der Waals surface area contributed by atoms with Crippen molar-refractivity contribution in [3.63, 3.8) is 0 Å². The Kier molecular flexibility index (Phi) is 3.61. The number of nitrogens with zero attached hydrogens (tertiary/aromatic N) is 1. The van der Waals surface area contributed by atoms with Crippen LogP contribution < -0.4 is 0 Å². The summed E-state index contributed by atoms with van der Waals surface area (Å²) in [5, 5.41) is 9.82. The zero-order valence-corrected chi connectivity index (χ0v) is 12.6. The molecule has 1 aromatic heterocycles. The van der Waals surface area contributed by atoms with E-state index >= 15 is 0 Å². The van der Waals surface area contributed by atoms with Gasteiger partial charge in [0.25, 0.3) is 0 Å². The SMILES string of the molecule is Cc1ccc(-c2nc(C(C)(C)C)c(C(=O)O)o2)cc1Cl. The summed E-state index contributed by atoms with van der Waals surface area (Å²) in [4.78, 5) is 15.6. The number of oxazole rings is 1. The molecular weight excluding hydrogens is 278 g/mol. The van der Waals surface area contributed by atoms with E-state index < -0.39 is 11.4 Å². The molecule has 1 heterocycles. The van der Waals surface area contributed by atoms with Crippen LogP contribution in [0.1, 0.15) is 42.6 Å². The van der Waals surface area contributed by atoms with E-state index in [1.807, 2.05) is 39.8 Å². The number of halogens is 1. The van der Waals surface area contributed by atoms with Gasteiger partial charge in [-0.25, -0.2) is 9.78 Å². The lowest BCUT2D eigenvalue weighted by atomic mass is 9.91. The maximum absolute atomic E-state index is 11.3. The van der Waals surface area contributed by atoms with Crippen molar-refractivity contribution in [3.8, 4) is 11.5 Å². The lowest BCUT2D eigenvalue weighted by molar-refractivity contribution is 0.0659. The number of aromatic nitrogens is 1. The van der Waals surface area contributed by atoms with Gasteiger partial charge in [0.1, 0.15) is 5.69 Å². The summed E-state index contributed by atoms with van der Waals surface area (Å²) < 4.78 is 5.41. The molecule has 1 N–H and O–H groups in total. The molecule has 0 aliphatic rings. The van der Waals surface area contributed by atoms with Crippen molar-refractivity contribution in [1.29, 1.82) is 0 Å². The van der Waals surface area contributed by atoms with E-state index in [0.717, 1.165) is 5.56 Å². The summed E-state index contributed by atoms with van der Waals surface area (Å²) in [5.41, 5.74) is 1.62. The van der Waals surface area contributed by atoms with Crippen molar-refractivity contribution in [1.82, 2.24) is 4.98 Å². The van der Waals surface area contributed by atoms with Crippen LogP contribution in [0.5, 0.6) is 0 Å². The summed E-state index contributed by atoms with van der Waals surface area (Å²) in [6.07, 6.45) is 0. The summed E-state index contributed by atoms with van der Waals surface area (Å²) in [5.74, 6) is -0.967. The van der Waals surface area contributed by atoms with Crippen LogP contribution >= 0.6 is 11.6 Å². The van der Waals surface area contributed by atoms with Gasteiger partial charge in [-0.3, -0.25) is 0 Å². The second-order valence-electron chi connectivity index (χ2n) is 5.72. The third-order valence-corrected chi connectivity index (χ3v) is 3.36. The van der Waals surface area contributed by atoms with Crippen molar-refractivity contribution in [3.05, 3.63) is 40.2 Å². The average molecular weight is 294 g/mol. The van der Waals surface area contributed by atoms with Gasteiger partial charge in [-0.1, -0.05) is 38.4 Å². The molecule has 0 fully saturated rings. The molecule has 0 unspecified atom stereocenters. The molecule has 0 bridgehead atoms. The van der Waals surface area contributed by atoms with E-state index in [4.69, 9.17) is 16.0 Å². The smallest absolute Gasteiger partial charge is 0.373 e. The Morgan fingerprint density at radius 2 is 2.00 bits per heavy atom. The molecule has 0 aliphatic carbocycles. The summed E-state index contributed by atoms with van der Waals surface area (Å²) >= 11 is 6.08. The molecule has 0 saturated carbocycles. The summed E-state index contributed by atoms with van der Waals surface area (Å²) in [6.45, 7) is 7.57. The highest BCUT2D eigenvalue weighted by atomic mass is 35.5. The molecule has 20 heavy (non-hydrogen) atoms. The van der Waals surface area contributed by atoms with Gasteiger partial charge in [-0.15, -0.1) is 0 Å². The fourth-order valence-electron chi connectivity index (χ4n) is 1.82. The number of aryl methyl sites for hydroxylation is 1. The molecule has 0 amide bonds. The van der Waals surface area contributed by atoms with E-state index in [1.54, 1.807) is 6.07 Å². The zero-order chi connectivity index (χ0) is 15.1. The van der Waals surface area contributed by atoms with Gasteiger partial charge in [0.05, 0.1) is 0 Å². The van der Waals surface area contributed by atoms with E-state index in [1.165, 1.54) is 0 Å². The quantitative estimate of drug-likeness (QED) is 0.896. The van der Waals surface area contributed by atoms with Gasteiger partial charge in [-0.05, 0) is 24.6 Å². The van der Waals surface area contributed by atoms with E-state index in [2.05, 4.69) is 4.98 Å². The normalized spacial score (nSPS) is 11.7. The number of rotatable bonds is 2. The van der Waals surface area contributed by atoms with Crippen LogP contribution in [-0.2, 0) is 5.41 Å². The highest BCUT2D eigenvalue weighted by Crippen LogP contribution is 2.31. The third kappa shape index (κ3) is 2.70. The lowest BCUT2D eigenvalue weighted by Gasteiger charge is -2.14. The van der Waals surface area contributed by atoms with Crippen LogP contribution in [0, 0.1) is 6.92 Å². The highest BCUT2D eigenvalue weighted by Gasteiger charge is 2.29. The molecule has 0 saturated heterocycles. The molecule has 2 rings (SSSR count). The van der Waals surface area contributed by atoms with Crippen LogP contribution in [0.15, 0.2) is 22.6 Å². The Bertz CT molecular complexity index is 668. The minimum absolute atomic E-state index is 0.121. The Morgan fingerprint density at radius 3 is 2.45 bits per heavy atom. The average Bonchev–Trinajstić information content (AvgIpc) is 2.77. The Balaban J connectivity index is 2.58. The number of carboxylic acid groups (broad SMARTS) is 1. The first-order valence-electron chi connectivity index (χ1n) is 6.21. The molecule has 1 aromatic carbocycles.